The van der Waals surface area contributed by atoms with E-state index in [1.807, 2.05) is 0 Å². The standard InChI is InChI=1S/C6H12O2S.Sb.3H/c1-2-3-4-8-6(7)5-9;;;;/h9H,2-5H2,1H3;;;;. The summed E-state index contributed by atoms with van der Waals surface area (Å²) in [4.78, 5) is 10.4. The van der Waals surface area contributed by atoms with Crippen molar-refractivity contribution in [2.75, 3.05) is 12.4 Å². The second-order valence-corrected chi connectivity index (χ2v) is 2.05. The van der Waals surface area contributed by atoms with E-state index in [4.69, 9.17) is 4.74 Å². The van der Waals surface area contributed by atoms with Crippen molar-refractivity contribution in [1.82, 2.24) is 0 Å². The number of thiol groups is 1. The van der Waals surface area contributed by atoms with Crippen LogP contribution in [0.5, 0.6) is 0 Å². The zero-order valence-corrected chi connectivity index (χ0v) is 11.2. The Hall–Kier alpha value is 0.638. The zero-order chi connectivity index (χ0) is 7.11. The van der Waals surface area contributed by atoms with E-state index in [-0.39, 0.29) is 36.2 Å². The van der Waals surface area contributed by atoms with E-state index < -0.39 is 0 Å². The summed E-state index contributed by atoms with van der Waals surface area (Å²) in [6, 6.07) is 0. The third-order valence-corrected chi connectivity index (χ3v) is 1.15. The Morgan fingerprint density at radius 1 is 1.60 bits per heavy atom. The summed E-state index contributed by atoms with van der Waals surface area (Å²) in [6.45, 7) is 2.59. The van der Waals surface area contributed by atoms with E-state index in [0.717, 1.165) is 12.8 Å². The Labute approximate surface area is 84.6 Å². The van der Waals surface area contributed by atoms with E-state index in [1.54, 1.807) is 0 Å². The summed E-state index contributed by atoms with van der Waals surface area (Å²) in [6.07, 6.45) is 2.00. The minimum absolute atomic E-state index is 0. The van der Waals surface area contributed by atoms with Crippen LogP contribution in [-0.4, -0.2) is 42.8 Å². The van der Waals surface area contributed by atoms with Crippen LogP contribution in [0.4, 0.5) is 0 Å². The van der Waals surface area contributed by atoms with E-state index >= 15 is 0 Å². The Kier molecular flexibility index (Phi) is 12.8. The molecule has 4 heteroatoms. The summed E-state index contributed by atoms with van der Waals surface area (Å²) >= 11 is 3.74. The van der Waals surface area contributed by atoms with E-state index in [0.29, 0.717) is 6.61 Å². The van der Waals surface area contributed by atoms with E-state index in [9.17, 15) is 4.79 Å². The quantitative estimate of drug-likeness (QED) is 0.340. The summed E-state index contributed by atoms with van der Waals surface area (Å²) < 4.78 is 4.72. The molecule has 0 heterocycles. The third kappa shape index (κ3) is 8.64. The molecule has 62 valence electrons. The topological polar surface area (TPSA) is 26.3 Å². The van der Waals surface area contributed by atoms with Crippen molar-refractivity contribution in [3.8, 4) is 0 Å². The Balaban J connectivity index is 0. The van der Waals surface area contributed by atoms with Gasteiger partial charge in [0.2, 0.25) is 0 Å². The van der Waals surface area contributed by atoms with Gasteiger partial charge in [0.1, 0.15) is 0 Å². The fourth-order valence-electron chi connectivity index (χ4n) is 0.376. The molecular weight excluding hydrogens is 258 g/mol. The number of hydrogen-bond acceptors (Lipinski definition) is 3. The van der Waals surface area contributed by atoms with Crippen LogP contribution in [0.3, 0.4) is 0 Å². The van der Waals surface area contributed by atoms with Crippen LogP contribution in [0.15, 0.2) is 0 Å². The molecule has 0 rings (SSSR count). The minimum atomic E-state index is -0.230. The first kappa shape index (κ1) is 13.2. The third-order valence-electron chi connectivity index (χ3n) is 0.890. The van der Waals surface area contributed by atoms with Crippen LogP contribution in [0.2, 0.25) is 0 Å². The average Bonchev–Trinajstić information content (AvgIpc) is 1.89. The zero-order valence-electron chi connectivity index (χ0n) is 6.30. The summed E-state index contributed by atoms with van der Waals surface area (Å²) in [7, 11) is 0. The van der Waals surface area contributed by atoms with Gasteiger partial charge in [0.15, 0.2) is 0 Å². The molecule has 0 saturated heterocycles. The molecule has 0 fully saturated rings. The van der Waals surface area contributed by atoms with Gasteiger partial charge < -0.3 is 4.74 Å². The Bertz CT molecular complexity index is 87.8. The van der Waals surface area contributed by atoms with Crippen molar-refractivity contribution in [1.29, 1.82) is 0 Å². The second kappa shape index (κ2) is 9.64. The molecule has 0 saturated carbocycles. The maximum absolute atomic E-state index is 10.4. The van der Waals surface area contributed by atoms with Crippen molar-refractivity contribution < 1.29 is 9.53 Å². The van der Waals surface area contributed by atoms with Crippen LogP contribution in [0.1, 0.15) is 19.8 Å². The number of ether oxygens (including phenoxy) is 1. The molecular formula is C6H15O2SSb. The van der Waals surface area contributed by atoms with Crippen LogP contribution in [-0.2, 0) is 9.53 Å². The van der Waals surface area contributed by atoms with E-state index in [2.05, 4.69) is 19.6 Å². The van der Waals surface area contributed by atoms with Gasteiger partial charge in [-0.1, -0.05) is 13.3 Å². The molecule has 0 atom stereocenters. The van der Waals surface area contributed by atoms with Gasteiger partial charge in [-0.15, -0.1) is 0 Å². The first-order chi connectivity index (χ1) is 4.31. The van der Waals surface area contributed by atoms with Gasteiger partial charge in [-0.2, -0.15) is 12.6 Å². The molecule has 0 amide bonds. The predicted octanol–water partition coefficient (Wildman–Crippen LogP) is 0.0756. The monoisotopic (exact) mass is 272 g/mol. The van der Waals surface area contributed by atoms with Crippen molar-refractivity contribution in [3.05, 3.63) is 0 Å². The SMILES string of the molecule is CCCCOC(=O)CS.[SbH3]. The molecule has 0 bridgehead atoms. The maximum atomic E-state index is 10.4. The fraction of sp³-hybridized carbons (Fsp3) is 0.833. The number of unbranched alkanes of at least 4 members (excludes halogenated alkanes) is 1. The normalized spacial score (nSPS) is 8.20. The molecule has 0 aromatic carbocycles. The molecule has 0 radical (unpaired) electrons. The van der Waals surface area contributed by atoms with E-state index in [1.165, 1.54) is 0 Å². The summed E-state index contributed by atoms with van der Waals surface area (Å²) in [5, 5.41) is 0. The number of carbonyl (C=O) groups is 1. The molecule has 0 aliphatic rings. The molecule has 0 N–H and O–H groups in total. The summed E-state index contributed by atoms with van der Waals surface area (Å²) in [5.74, 6) is -0.0456. The molecule has 10 heavy (non-hydrogen) atoms. The van der Waals surface area contributed by atoms with Gasteiger partial charge in [-0.3, -0.25) is 4.79 Å². The number of rotatable bonds is 4. The molecule has 0 aromatic rings. The average molecular weight is 273 g/mol. The van der Waals surface area contributed by atoms with Crippen LogP contribution in [0.25, 0.3) is 0 Å². The fourth-order valence-corrected chi connectivity index (χ4v) is 0.467. The first-order valence-corrected chi connectivity index (χ1v) is 3.71. The van der Waals surface area contributed by atoms with Crippen LogP contribution >= 0.6 is 12.6 Å². The predicted molar refractivity (Wildman–Crippen MR) is 49.7 cm³/mol. The van der Waals surface area contributed by atoms with Gasteiger partial charge in [0.25, 0.3) is 0 Å². The Morgan fingerprint density at radius 2 is 2.20 bits per heavy atom. The molecule has 0 unspecified atom stereocenters. The number of carbonyl (C=O) groups excluding carboxylic acids is 1. The first-order valence-electron chi connectivity index (χ1n) is 3.07. The van der Waals surface area contributed by atoms with Crippen LogP contribution in [0, 0.1) is 0 Å². The molecule has 0 aliphatic heterocycles. The Morgan fingerprint density at radius 3 is 2.60 bits per heavy atom. The van der Waals surface area contributed by atoms with Crippen LogP contribution < -0.4 is 0 Å². The van der Waals surface area contributed by atoms with Gasteiger partial charge in [-0.25, -0.2) is 0 Å². The molecule has 0 aromatic heterocycles. The van der Waals surface area contributed by atoms with Gasteiger partial charge in [-0.05, 0) is 6.42 Å². The van der Waals surface area contributed by atoms with Crippen molar-refractivity contribution in [2.24, 2.45) is 0 Å². The van der Waals surface area contributed by atoms with Gasteiger partial charge in [0.05, 0.1) is 12.4 Å². The van der Waals surface area contributed by atoms with Crippen molar-refractivity contribution in [2.45, 2.75) is 19.8 Å². The molecule has 0 spiro atoms. The van der Waals surface area contributed by atoms with Gasteiger partial charge >= 0.3 is 30.4 Å². The van der Waals surface area contributed by atoms with Crippen molar-refractivity contribution >= 4 is 43.0 Å². The van der Waals surface area contributed by atoms with Gasteiger partial charge in [0, 0.05) is 0 Å². The van der Waals surface area contributed by atoms with Crippen molar-refractivity contribution in [3.63, 3.8) is 0 Å². The number of hydrogen-bond donors (Lipinski definition) is 1. The molecule has 2 nitrogen and oxygen atoms in total. The summed E-state index contributed by atoms with van der Waals surface area (Å²) in [5.41, 5.74) is 0. The molecule has 0 aliphatic carbocycles. The second-order valence-electron chi connectivity index (χ2n) is 1.73. The number of esters is 1.